The first-order valence-corrected chi connectivity index (χ1v) is 9.05. The average molecular weight is 362 g/mol. The summed E-state index contributed by atoms with van der Waals surface area (Å²) in [6.07, 6.45) is 0.196. The van der Waals surface area contributed by atoms with Crippen LogP contribution in [0.1, 0.15) is 26.3 Å². The van der Waals surface area contributed by atoms with Crippen LogP contribution in [0.5, 0.6) is 5.75 Å². The number of benzene rings is 1. The molecule has 1 heterocycles. The molecule has 0 unspecified atom stereocenters. The molecule has 1 aliphatic rings. The predicted octanol–water partition coefficient (Wildman–Crippen LogP) is 1.83. The van der Waals surface area contributed by atoms with Crippen LogP contribution in [0, 0.1) is 5.92 Å². The summed E-state index contributed by atoms with van der Waals surface area (Å²) in [6.45, 7) is 7.22. The van der Waals surface area contributed by atoms with Crippen LogP contribution in [0.4, 0.5) is 10.5 Å². The summed E-state index contributed by atoms with van der Waals surface area (Å²) in [6, 6.07) is 5.22. The van der Waals surface area contributed by atoms with E-state index in [1.807, 2.05) is 40.1 Å². The van der Waals surface area contributed by atoms with Crippen LogP contribution < -0.4 is 20.7 Å². The van der Waals surface area contributed by atoms with Gasteiger partial charge in [-0.25, -0.2) is 4.79 Å². The number of ether oxygens (including phenoxy) is 1. The van der Waals surface area contributed by atoms with Gasteiger partial charge >= 0.3 is 6.03 Å². The van der Waals surface area contributed by atoms with E-state index in [9.17, 15) is 9.59 Å². The third-order valence-corrected chi connectivity index (χ3v) is 4.39. The zero-order valence-corrected chi connectivity index (χ0v) is 16.3. The molecule has 2 rings (SSSR count). The van der Waals surface area contributed by atoms with Crippen LogP contribution in [0.2, 0.25) is 0 Å². The van der Waals surface area contributed by atoms with E-state index < -0.39 is 0 Å². The van der Waals surface area contributed by atoms with Crippen molar-refractivity contribution in [3.05, 3.63) is 23.8 Å². The Hall–Kier alpha value is -2.28. The lowest BCUT2D eigenvalue weighted by molar-refractivity contribution is -0.129. The fraction of sp³-hybridized carbons (Fsp3) is 0.579. The van der Waals surface area contributed by atoms with Crippen molar-refractivity contribution < 1.29 is 14.3 Å². The monoisotopic (exact) mass is 362 g/mol. The Bertz CT molecular complexity index is 648. The minimum absolute atomic E-state index is 0.0376. The summed E-state index contributed by atoms with van der Waals surface area (Å²) >= 11 is 0. The number of nitrogens with one attached hydrogen (secondary N) is 3. The minimum atomic E-state index is -0.269. The second-order valence-corrected chi connectivity index (χ2v) is 7.22. The van der Waals surface area contributed by atoms with Gasteiger partial charge in [0.05, 0.1) is 6.42 Å². The largest absolute Gasteiger partial charge is 0.488 e. The molecule has 2 atom stereocenters. The van der Waals surface area contributed by atoms with Crippen molar-refractivity contribution in [1.29, 1.82) is 0 Å². The number of carbonyl (C=O) groups excluding carboxylic acids is 2. The molecule has 0 bridgehead atoms. The third kappa shape index (κ3) is 5.36. The van der Waals surface area contributed by atoms with Crippen LogP contribution >= 0.6 is 0 Å². The van der Waals surface area contributed by atoms with Crippen LogP contribution in [-0.4, -0.2) is 56.2 Å². The van der Waals surface area contributed by atoms with Crippen LogP contribution in [-0.2, 0) is 11.2 Å². The van der Waals surface area contributed by atoms with Crippen molar-refractivity contribution in [3.63, 3.8) is 0 Å². The standard InChI is InChI=1S/C19H30N4O3/c1-12(2)21-19(25)22-15-6-7-16-14(8-15)9-18(24)23(5)11-13(3)17(26-16)10-20-4/h6-8,12-13,17,20H,9-11H2,1-5H3,(H2,21,22,25)/t13-,17-/m0/s1. The number of likely N-dealkylation sites (N-methyl/N-ethyl adjacent to an activating group) is 2. The van der Waals surface area contributed by atoms with Gasteiger partial charge in [0.25, 0.3) is 0 Å². The molecule has 0 radical (unpaired) electrons. The van der Waals surface area contributed by atoms with Crippen LogP contribution in [0.15, 0.2) is 18.2 Å². The summed E-state index contributed by atoms with van der Waals surface area (Å²) in [5, 5.41) is 8.74. The first-order chi connectivity index (χ1) is 12.3. The highest BCUT2D eigenvalue weighted by molar-refractivity contribution is 5.90. The van der Waals surface area contributed by atoms with Gasteiger partial charge in [0.15, 0.2) is 0 Å². The van der Waals surface area contributed by atoms with Crippen LogP contribution in [0.3, 0.4) is 0 Å². The lowest BCUT2D eigenvalue weighted by Crippen LogP contribution is -2.41. The smallest absolute Gasteiger partial charge is 0.319 e. The number of rotatable bonds is 4. The summed E-state index contributed by atoms with van der Waals surface area (Å²) in [5.74, 6) is 0.920. The van der Waals surface area contributed by atoms with Crippen molar-refractivity contribution in [3.8, 4) is 5.75 Å². The first-order valence-electron chi connectivity index (χ1n) is 9.05. The molecule has 0 saturated heterocycles. The van der Waals surface area contributed by atoms with Gasteiger partial charge in [-0.05, 0) is 39.1 Å². The van der Waals surface area contributed by atoms with Gasteiger partial charge in [0, 0.05) is 43.3 Å². The Morgan fingerprint density at radius 3 is 2.77 bits per heavy atom. The molecule has 7 nitrogen and oxygen atoms in total. The minimum Gasteiger partial charge on any atom is -0.488 e. The molecule has 1 aromatic rings. The quantitative estimate of drug-likeness (QED) is 0.763. The Morgan fingerprint density at radius 1 is 1.38 bits per heavy atom. The molecule has 26 heavy (non-hydrogen) atoms. The molecule has 3 N–H and O–H groups in total. The maximum absolute atomic E-state index is 12.5. The van der Waals surface area contributed by atoms with Crippen molar-refractivity contribution in [2.75, 3.05) is 32.5 Å². The second kappa shape index (κ2) is 8.89. The molecule has 0 saturated carbocycles. The molecule has 144 valence electrons. The summed E-state index contributed by atoms with van der Waals surface area (Å²) < 4.78 is 6.22. The summed E-state index contributed by atoms with van der Waals surface area (Å²) in [4.78, 5) is 26.2. The maximum Gasteiger partial charge on any atom is 0.319 e. The van der Waals surface area contributed by atoms with Gasteiger partial charge in [-0.2, -0.15) is 0 Å². The van der Waals surface area contributed by atoms with Gasteiger partial charge in [0.1, 0.15) is 11.9 Å². The second-order valence-electron chi connectivity index (χ2n) is 7.22. The number of hydrogen-bond donors (Lipinski definition) is 3. The van der Waals surface area contributed by atoms with E-state index in [0.717, 1.165) is 5.56 Å². The SMILES string of the molecule is CNC[C@@H]1Oc2ccc(NC(=O)NC(C)C)cc2CC(=O)N(C)C[C@@H]1C. The first kappa shape index (κ1) is 20.0. The fourth-order valence-corrected chi connectivity index (χ4v) is 3.01. The van der Waals surface area contributed by atoms with Crippen molar-refractivity contribution in [1.82, 2.24) is 15.5 Å². The van der Waals surface area contributed by atoms with E-state index >= 15 is 0 Å². The fourth-order valence-electron chi connectivity index (χ4n) is 3.01. The Balaban J connectivity index is 2.28. The number of anilines is 1. The molecule has 3 amide bonds. The number of hydrogen-bond acceptors (Lipinski definition) is 4. The Kier molecular flexibility index (Phi) is 6.85. The van der Waals surface area contributed by atoms with Gasteiger partial charge < -0.3 is 25.6 Å². The number of nitrogens with zero attached hydrogens (tertiary/aromatic N) is 1. The highest BCUT2D eigenvalue weighted by Gasteiger charge is 2.26. The zero-order chi connectivity index (χ0) is 19.3. The van der Waals surface area contributed by atoms with Crippen molar-refractivity contribution in [2.24, 2.45) is 5.92 Å². The van der Waals surface area contributed by atoms with E-state index in [0.29, 0.717) is 24.5 Å². The van der Waals surface area contributed by atoms with E-state index in [2.05, 4.69) is 22.9 Å². The maximum atomic E-state index is 12.5. The third-order valence-electron chi connectivity index (χ3n) is 4.39. The molecule has 0 aromatic heterocycles. The Morgan fingerprint density at radius 2 is 2.12 bits per heavy atom. The van der Waals surface area contributed by atoms with Crippen molar-refractivity contribution >= 4 is 17.6 Å². The average Bonchev–Trinajstić information content (AvgIpc) is 2.58. The van der Waals surface area contributed by atoms with E-state index in [1.165, 1.54) is 0 Å². The van der Waals surface area contributed by atoms with Gasteiger partial charge in [-0.1, -0.05) is 6.92 Å². The van der Waals surface area contributed by atoms with Crippen LogP contribution in [0.25, 0.3) is 0 Å². The molecular formula is C19H30N4O3. The number of amides is 3. The van der Waals surface area contributed by atoms with E-state index in [1.54, 1.807) is 11.0 Å². The van der Waals surface area contributed by atoms with Gasteiger partial charge in [0.2, 0.25) is 5.91 Å². The highest BCUT2D eigenvalue weighted by atomic mass is 16.5. The highest BCUT2D eigenvalue weighted by Crippen LogP contribution is 2.28. The summed E-state index contributed by atoms with van der Waals surface area (Å²) in [7, 11) is 3.71. The number of urea groups is 1. The van der Waals surface area contributed by atoms with Gasteiger partial charge in [-0.3, -0.25) is 4.79 Å². The molecule has 7 heteroatoms. The lowest BCUT2D eigenvalue weighted by atomic mass is 10.0. The number of fused-ring (bicyclic) bond motifs is 1. The summed E-state index contributed by atoms with van der Waals surface area (Å²) in [5.41, 5.74) is 1.41. The van der Waals surface area contributed by atoms with E-state index in [4.69, 9.17) is 4.74 Å². The molecule has 0 aliphatic carbocycles. The predicted molar refractivity (Wildman–Crippen MR) is 103 cm³/mol. The number of carbonyl (C=O) groups is 2. The van der Waals surface area contributed by atoms with E-state index in [-0.39, 0.29) is 36.4 Å². The molecule has 1 aliphatic heterocycles. The lowest BCUT2D eigenvalue weighted by Gasteiger charge is -2.27. The van der Waals surface area contributed by atoms with Crippen molar-refractivity contribution in [2.45, 2.75) is 39.3 Å². The molecule has 0 fully saturated rings. The molecular weight excluding hydrogens is 332 g/mol. The van der Waals surface area contributed by atoms with Gasteiger partial charge in [-0.15, -0.1) is 0 Å². The zero-order valence-electron chi connectivity index (χ0n) is 16.3. The Labute approximate surface area is 155 Å². The normalized spacial score (nSPS) is 20.5. The topological polar surface area (TPSA) is 82.7 Å². The molecule has 1 aromatic carbocycles. The molecule has 0 spiro atoms.